The molecule has 1 aromatic rings. The highest BCUT2D eigenvalue weighted by Crippen LogP contribution is 2.77. The predicted molar refractivity (Wildman–Crippen MR) is 116 cm³/mol. The predicted octanol–water partition coefficient (Wildman–Crippen LogP) is 4.52. The molecule has 7 aliphatic rings. The fraction of sp³-hybridized carbons (Fsp3) is 0.731. The van der Waals surface area contributed by atoms with Crippen molar-refractivity contribution in [2.75, 3.05) is 19.6 Å². The van der Waals surface area contributed by atoms with Crippen molar-refractivity contribution in [1.82, 2.24) is 10.2 Å². The summed E-state index contributed by atoms with van der Waals surface area (Å²) in [7, 11) is 0. The number of carbonyl (C=O) groups is 1. The van der Waals surface area contributed by atoms with Gasteiger partial charge in [0.1, 0.15) is 0 Å². The first-order chi connectivity index (χ1) is 14.1. The van der Waals surface area contributed by atoms with E-state index in [1.165, 1.54) is 63.6 Å². The number of hydrogen-bond acceptors (Lipinski definition) is 2. The maximum Gasteiger partial charge on any atom is 0.227 e. The van der Waals surface area contributed by atoms with Gasteiger partial charge in [0.2, 0.25) is 5.91 Å². The van der Waals surface area contributed by atoms with Crippen LogP contribution in [0.4, 0.5) is 0 Å². The molecule has 5 atom stereocenters. The minimum absolute atomic E-state index is 0.0738. The topological polar surface area (TPSA) is 32.3 Å². The summed E-state index contributed by atoms with van der Waals surface area (Å²) in [6.45, 7) is 5.88. The van der Waals surface area contributed by atoms with Gasteiger partial charge in [0, 0.05) is 18.0 Å². The monoisotopic (exact) mass is 392 g/mol. The first kappa shape index (κ1) is 18.4. The lowest BCUT2D eigenvalue weighted by Gasteiger charge is -2.47. The lowest BCUT2D eigenvalue weighted by atomic mass is 9.63. The number of amides is 1. The largest absolute Gasteiger partial charge is 0.351 e. The summed E-state index contributed by atoms with van der Waals surface area (Å²) >= 11 is 0. The van der Waals surface area contributed by atoms with Gasteiger partial charge in [-0.3, -0.25) is 4.79 Å². The van der Waals surface area contributed by atoms with Crippen molar-refractivity contribution in [2.45, 2.75) is 76.2 Å². The number of nitrogens with zero attached hydrogens (tertiary/aromatic N) is 1. The number of carbonyl (C=O) groups excluding carboxylic acids is 1. The number of hydrogen-bond donors (Lipinski definition) is 1. The van der Waals surface area contributed by atoms with E-state index in [0.717, 1.165) is 25.3 Å². The van der Waals surface area contributed by atoms with Crippen LogP contribution in [-0.2, 0) is 10.2 Å². The second-order valence-electron chi connectivity index (χ2n) is 11.3. The zero-order chi connectivity index (χ0) is 19.7. The normalized spacial score (nSPS) is 46.9. The van der Waals surface area contributed by atoms with E-state index >= 15 is 0 Å². The molecular weight excluding hydrogens is 356 g/mol. The molecular formula is C26H36N2O. The van der Waals surface area contributed by atoms with E-state index in [2.05, 4.69) is 47.5 Å². The molecule has 3 unspecified atom stereocenters. The van der Waals surface area contributed by atoms with Gasteiger partial charge in [-0.05, 0) is 87.3 Å². The zero-order valence-electron chi connectivity index (χ0n) is 18.0. The van der Waals surface area contributed by atoms with Crippen LogP contribution in [0.1, 0.15) is 70.3 Å². The van der Waals surface area contributed by atoms with Crippen LogP contribution >= 0.6 is 0 Å². The van der Waals surface area contributed by atoms with Crippen molar-refractivity contribution >= 4 is 5.91 Å². The third-order valence-corrected chi connectivity index (χ3v) is 9.78. The average molecular weight is 393 g/mol. The van der Waals surface area contributed by atoms with Crippen LogP contribution in [0.2, 0.25) is 0 Å². The minimum Gasteiger partial charge on any atom is -0.351 e. The molecule has 3 heteroatoms. The number of benzene rings is 1. The van der Waals surface area contributed by atoms with Gasteiger partial charge in [-0.2, -0.15) is 0 Å². The molecule has 0 spiro atoms. The molecule has 1 aromatic carbocycles. The van der Waals surface area contributed by atoms with Crippen LogP contribution in [0.25, 0.3) is 0 Å². The van der Waals surface area contributed by atoms with E-state index in [-0.39, 0.29) is 10.8 Å². The van der Waals surface area contributed by atoms with Crippen molar-refractivity contribution in [2.24, 2.45) is 22.7 Å². The summed E-state index contributed by atoms with van der Waals surface area (Å²) in [5, 5.41) is 3.67. The van der Waals surface area contributed by atoms with Gasteiger partial charge in [-0.1, -0.05) is 43.7 Å². The molecule has 8 rings (SSSR count). The summed E-state index contributed by atoms with van der Waals surface area (Å²) < 4.78 is 0. The van der Waals surface area contributed by atoms with E-state index in [1.54, 1.807) is 0 Å². The third-order valence-electron chi connectivity index (χ3n) is 9.78. The Labute approximate surface area is 175 Å². The highest BCUT2D eigenvalue weighted by molar-refractivity contribution is 5.87. The Kier molecular flexibility index (Phi) is 4.02. The molecule has 4 saturated carbocycles. The van der Waals surface area contributed by atoms with Gasteiger partial charge in [0.25, 0.3) is 0 Å². The van der Waals surface area contributed by atoms with Gasteiger partial charge in [0.05, 0.1) is 5.41 Å². The summed E-state index contributed by atoms with van der Waals surface area (Å²) in [6.07, 6.45) is 11.2. The molecule has 0 aromatic heterocycles. The molecule has 156 valence electrons. The molecule has 3 saturated heterocycles. The van der Waals surface area contributed by atoms with E-state index in [4.69, 9.17) is 0 Å². The quantitative estimate of drug-likeness (QED) is 0.799. The molecule has 29 heavy (non-hydrogen) atoms. The van der Waals surface area contributed by atoms with Crippen molar-refractivity contribution < 1.29 is 4.79 Å². The van der Waals surface area contributed by atoms with E-state index in [9.17, 15) is 4.79 Å². The molecule has 7 fully saturated rings. The SMILES string of the molecule is CCC[C@@]12CC3CC(C(=O)N[C@H]4CN5CCC4CC5)(C1)C(c1ccccc1)(C3)C2. The Morgan fingerprint density at radius 3 is 2.59 bits per heavy atom. The zero-order valence-corrected chi connectivity index (χ0v) is 18.0. The summed E-state index contributed by atoms with van der Waals surface area (Å²) in [5.74, 6) is 1.86. The molecule has 1 amide bonds. The lowest BCUT2D eigenvalue weighted by molar-refractivity contribution is -0.136. The van der Waals surface area contributed by atoms with Gasteiger partial charge in [0.15, 0.2) is 0 Å². The Morgan fingerprint density at radius 2 is 1.90 bits per heavy atom. The molecule has 3 nitrogen and oxygen atoms in total. The fourth-order valence-electron chi connectivity index (χ4n) is 9.06. The number of fused-ring (bicyclic) bond motifs is 3. The molecule has 3 aliphatic heterocycles. The van der Waals surface area contributed by atoms with E-state index in [1.807, 2.05) is 0 Å². The number of nitrogens with one attached hydrogen (secondary N) is 1. The van der Waals surface area contributed by atoms with Crippen LogP contribution in [0.3, 0.4) is 0 Å². The summed E-state index contributed by atoms with van der Waals surface area (Å²) in [4.78, 5) is 16.7. The summed E-state index contributed by atoms with van der Waals surface area (Å²) in [5.41, 5.74) is 1.75. The Balaban J connectivity index is 1.37. The van der Waals surface area contributed by atoms with Crippen molar-refractivity contribution in [1.29, 1.82) is 0 Å². The van der Waals surface area contributed by atoms with Gasteiger partial charge in [-0.15, -0.1) is 0 Å². The molecule has 4 aliphatic carbocycles. The minimum atomic E-state index is -0.168. The third kappa shape index (κ3) is 2.49. The molecule has 0 radical (unpaired) electrons. The Bertz CT molecular complexity index is 800. The van der Waals surface area contributed by atoms with Crippen molar-refractivity contribution in [3.05, 3.63) is 35.9 Å². The molecule has 1 N–H and O–H groups in total. The second kappa shape index (κ2) is 6.33. The van der Waals surface area contributed by atoms with Crippen LogP contribution in [0, 0.1) is 22.7 Å². The first-order valence-corrected chi connectivity index (χ1v) is 12.2. The van der Waals surface area contributed by atoms with Crippen LogP contribution in [-0.4, -0.2) is 36.5 Å². The van der Waals surface area contributed by atoms with Crippen LogP contribution < -0.4 is 5.32 Å². The molecule has 6 bridgehead atoms. The maximum atomic E-state index is 14.2. The van der Waals surface area contributed by atoms with Crippen LogP contribution in [0.15, 0.2) is 30.3 Å². The van der Waals surface area contributed by atoms with Gasteiger partial charge in [-0.25, -0.2) is 0 Å². The van der Waals surface area contributed by atoms with Crippen molar-refractivity contribution in [3.8, 4) is 0 Å². The smallest absolute Gasteiger partial charge is 0.227 e. The van der Waals surface area contributed by atoms with Gasteiger partial charge >= 0.3 is 0 Å². The maximum absolute atomic E-state index is 14.2. The highest BCUT2D eigenvalue weighted by atomic mass is 16.2. The van der Waals surface area contributed by atoms with Crippen molar-refractivity contribution in [3.63, 3.8) is 0 Å². The highest BCUT2D eigenvalue weighted by Gasteiger charge is 2.74. The average Bonchev–Trinajstić information content (AvgIpc) is 3.09. The van der Waals surface area contributed by atoms with E-state index < -0.39 is 0 Å². The lowest BCUT2D eigenvalue weighted by Crippen LogP contribution is -2.60. The number of rotatable bonds is 5. The van der Waals surface area contributed by atoms with E-state index in [0.29, 0.717) is 23.3 Å². The summed E-state index contributed by atoms with van der Waals surface area (Å²) in [6, 6.07) is 11.5. The second-order valence-corrected chi connectivity index (χ2v) is 11.3. The molecule has 3 heterocycles. The fourth-order valence-corrected chi connectivity index (χ4v) is 9.06. The standard InChI is InChI=1S/C26H36N2O/c1-2-10-24-13-19-14-25(17-24,21-6-4-3-5-7-21)26(15-19,18-24)23(29)27-22-16-28-11-8-20(22)9-12-28/h3-7,19-20,22H,2,8-18H2,1H3,(H,27,29)/t19?,22-,24-,25?,26?/m0/s1. The van der Waals surface area contributed by atoms with Gasteiger partial charge < -0.3 is 10.2 Å². The number of piperidine rings is 3. The van der Waals surface area contributed by atoms with Crippen LogP contribution in [0.5, 0.6) is 0 Å². The first-order valence-electron chi connectivity index (χ1n) is 12.2. The Morgan fingerprint density at radius 1 is 1.10 bits per heavy atom. The Hall–Kier alpha value is -1.35.